The molecule has 0 aliphatic rings. The van der Waals surface area contributed by atoms with Gasteiger partial charge >= 0.3 is 0 Å². The Morgan fingerprint density at radius 1 is 0.210 bits per heavy atom. The number of anilines is 3. The zero-order valence-electron chi connectivity index (χ0n) is 43.7. The van der Waals surface area contributed by atoms with Gasteiger partial charge in [-0.1, -0.05) is 176 Å². The highest BCUT2D eigenvalue weighted by Gasteiger charge is 2.21. The summed E-state index contributed by atoms with van der Waals surface area (Å²) in [6, 6.07) is 99.1. The zero-order valence-corrected chi connectivity index (χ0v) is 43.7. The monoisotopic (exact) mass is 1040 g/mol. The molecule has 15 rings (SSSR count). The first-order valence-corrected chi connectivity index (χ1v) is 27.0. The fourth-order valence-corrected chi connectivity index (χ4v) is 11.2. The van der Waals surface area contributed by atoms with Crippen molar-refractivity contribution in [2.45, 2.75) is 0 Å². The van der Waals surface area contributed by atoms with E-state index < -0.39 is 0 Å². The van der Waals surface area contributed by atoms with Gasteiger partial charge in [-0.3, -0.25) is 0 Å². The molecule has 0 amide bonds. The first kappa shape index (κ1) is 47.1. The Morgan fingerprint density at radius 2 is 0.481 bits per heavy atom. The number of aromatic nitrogens is 8. The molecular formula is C72H47N9. The molecule has 0 unspecified atom stereocenters. The van der Waals surface area contributed by atoms with E-state index in [0.29, 0.717) is 34.9 Å². The molecule has 4 heterocycles. The molecule has 0 spiro atoms. The summed E-state index contributed by atoms with van der Waals surface area (Å²) in [7, 11) is 0. The van der Waals surface area contributed by atoms with Gasteiger partial charge in [-0.2, -0.15) is 0 Å². The van der Waals surface area contributed by atoms with E-state index in [2.05, 4.69) is 178 Å². The van der Waals surface area contributed by atoms with Gasteiger partial charge in [-0.15, -0.1) is 0 Å². The van der Waals surface area contributed by atoms with E-state index in [4.69, 9.17) is 29.9 Å². The molecule has 0 saturated heterocycles. The van der Waals surface area contributed by atoms with Gasteiger partial charge in [0.25, 0.3) is 0 Å². The van der Waals surface area contributed by atoms with Crippen LogP contribution in [0, 0.1) is 0 Å². The molecule has 4 aromatic heterocycles. The third kappa shape index (κ3) is 8.62. The van der Waals surface area contributed by atoms with Gasteiger partial charge in [0.2, 0.25) is 0 Å². The van der Waals surface area contributed by atoms with Crippen molar-refractivity contribution >= 4 is 60.7 Å². The molecule has 0 N–H and O–H groups in total. The van der Waals surface area contributed by atoms with Crippen LogP contribution in [0.3, 0.4) is 0 Å². The third-order valence-electron chi connectivity index (χ3n) is 15.0. The molecule has 380 valence electrons. The van der Waals surface area contributed by atoms with Gasteiger partial charge in [0.15, 0.2) is 34.9 Å². The van der Waals surface area contributed by atoms with Crippen molar-refractivity contribution in [2.24, 2.45) is 0 Å². The van der Waals surface area contributed by atoms with Crippen LogP contribution in [-0.2, 0) is 0 Å². The van der Waals surface area contributed by atoms with Gasteiger partial charge in [0.05, 0.1) is 22.1 Å². The molecule has 0 radical (unpaired) electrons. The lowest BCUT2D eigenvalue weighted by atomic mass is 10.1. The molecule has 0 saturated carbocycles. The number of fused-ring (bicyclic) bond motifs is 6. The Balaban J connectivity index is 0.802. The van der Waals surface area contributed by atoms with E-state index >= 15 is 0 Å². The fraction of sp³-hybridized carbons (Fsp3) is 0. The maximum atomic E-state index is 5.01. The Kier molecular flexibility index (Phi) is 11.6. The molecular weight excluding hydrogens is 991 g/mol. The van der Waals surface area contributed by atoms with Gasteiger partial charge in [-0.05, 0) is 109 Å². The number of rotatable bonds is 11. The average Bonchev–Trinajstić information content (AvgIpc) is 4.26. The third-order valence-corrected chi connectivity index (χ3v) is 15.0. The topological polar surface area (TPSA) is 90.4 Å². The van der Waals surface area contributed by atoms with Crippen molar-refractivity contribution in [3.05, 3.63) is 285 Å². The van der Waals surface area contributed by atoms with Crippen LogP contribution in [0.5, 0.6) is 0 Å². The van der Waals surface area contributed by atoms with E-state index in [1.165, 1.54) is 0 Å². The number of para-hydroxylation sites is 3. The summed E-state index contributed by atoms with van der Waals surface area (Å²) >= 11 is 0. The Bertz CT molecular complexity index is 4370. The maximum Gasteiger partial charge on any atom is 0.164 e. The maximum absolute atomic E-state index is 5.01. The van der Waals surface area contributed by atoms with Gasteiger partial charge in [0.1, 0.15) is 0 Å². The first-order chi connectivity index (χ1) is 40.1. The van der Waals surface area contributed by atoms with Crippen molar-refractivity contribution in [1.82, 2.24) is 39.0 Å². The minimum atomic E-state index is 0.618. The largest absolute Gasteiger partial charge is 0.310 e. The van der Waals surface area contributed by atoms with Crippen molar-refractivity contribution in [2.75, 3.05) is 4.90 Å². The summed E-state index contributed by atoms with van der Waals surface area (Å²) < 4.78 is 4.70. The molecule has 81 heavy (non-hydrogen) atoms. The molecule has 9 nitrogen and oxygen atoms in total. The standard InChI is InChI=1S/C72H47N9/c1-6-20-48(21-7-1)67-73-68(49-22-8-2-9-23-49)76-71(75-67)52-34-38-55(39-35-52)80-63-32-18-16-30-59(63)61-46-57(42-44-65(61)80)79(54-28-14-5-15-29-54)58-43-45-66-62(47-58)60-31-17-19-33-64(60)81(66)56-40-36-53(37-41-56)72-77-69(50-24-10-3-11-25-50)74-70(78-72)51-26-12-4-13-27-51/h1-47H. The summed E-state index contributed by atoms with van der Waals surface area (Å²) in [6.45, 7) is 0. The second-order valence-electron chi connectivity index (χ2n) is 19.9. The second-order valence-corrected chi connectivity index (χ2v) is 19.9. The predicted molar refractivity (Wildman–Crippen MR) is 329 cm³/mol. The first-order valence-electron chi connectivity index (χ1n) is 27.0. The highest BCUT2D eigenvalue weighted by atomic mass is 15.1. The van der Waals surface area contributed by atoms with Crippen LogP contribution in [-0.4, -0.2) is 39.0 Å². The Hall–Kier alpha value is -11.2. The molecule has 9 heteroatoms. The molecule has 0 fully saturated rings. The summed E-state index contributed by atoms with van der Waals surface area (Å²) in [4.78, 5) is 32.2. The molecule has 0 atom stereocenters. The molecule has 0 aliphatic heterocycles. The van der Waals surface area contributed by atoms with E-state index in [0.717, 1.165) is 105 Å². The average molecular weight is 1040 g/mol. The number of nitrogens with zero attached hydrogens (tertiary/aromatic N) is 9. The quantitative estimate of drug-likeness (QED) is 0.127. The van der Waals surface area contributed by atoms with Crippen molar-refractivity contribution in [3.63, 3.8) is 0 Å². The number of hydrogen-bond acceptors (Lipinski definition) is 7. The minimum Gasteiger partial charge on any atom is -0.310 e. The molecule has 0 aliphatic carbocycles. The van der Waals surface area contributed by atoms with Crippen LogP contribution in [0.15, 0.2) is 285 Å². The van der Waals surface area contributed by atoms with Gasteiger partial charge < -0.3 is 14.0 Å². The fourth-order valence-electron chi connectivity index (χ4n) is 11.2. The van der Waals surface area contributed by atoms with Gasteiger partial charge in [0, 0.05) is 83.4 Å². The Labute approximate surface area is 467 Å². The molecule has 15 aromatic rings. The van der Waals surface area contributed by atoms with E-state index in [1.54, 1.807) is 0 Å². The smallest absolute Gasteiger partial charge is 0.164 e. The van der Waals surface area contributed by atoms with E-state index in [9.17, 15) is 0 Å². The minimum absolute atomic E-state index is 0.618. The lowest BCUT2D eigenvalue weighted by Crippen LogP contribution is -2.09. The van der Waals surface area contributed by atoms with Crippen LogP contribution < -0.4 is 4.90 Å². The summed E-state index contributed by atoms with van der Waals surface area (Å²) in [5, 5.41) is 4.63. The summed E-state index contributed by atoms with van der Waals surface area (Å²) in [6.07, 6.45) is 0. The van der Waals surface area contributed by atoms with Crippen molar-refractivity contribution < 1.29 is 0 Å². The SMILES string of the molecule is c1ccc(-c2nc(-c3ccccc3)nc(-c3ccc(-n4c5ccccc5c5cc(N(c6ccccc6)c6ccc7c(c6)c6ccccc6n7-c6ccc(-c7nc(-c8ccccc8)nc(-c8ccccc8)n7)cc6)ccc54)cc3)n2)cc1. The van der Waals surface area contributed by atoms with Crippen LogP contribution in [0.25, 0.3) is 123 Å². The van der Waals surface area contributed by atoms with Gasteiger partial charge in [-0.25, -0.2) is 29.9 Å². The van der Waals surface area contributed by atoms with E-state index in [-0.39, 0.29) is 0 Å². The summed E-state index contributed by atoms with van der Waals surface area (Å²) in [5.74, 6) is 3.77. The Morgan fingerprint density at radius 3 is 0.815 bits per heavy atom. The zero-order chi connectivity index (χ0) is 53.6. The van der Waals surface area contributed by atoms with Crippen LogP contribution >= 0.6 is 0 Å². The number of hydrogen-bond donors (Lipinski definition) is 0. The highest BCUT2D eigenvalue weighted by molar-refractivity contribution is 6.12. The normalized spacial score (nSPS) is 11.5. The highest BCUT2D eigenvalue weighted by Crippen LogP contribution is 2.43. The lowest BCUT2D eigenvalue weighted by molar-refractivity contribution is 1.07. The second kappa shape index (κ2) is 20.0. The molecule has 0 bridgehead atoms. The van der Waals surface area contributed by atoms with Crippen LogP contribution in [0.2, 0.25) is 0 Å². The van der Waals surface area contributed by atoms with E-state index in [1.807, 2.05) is 121 Å². The van der Waals surface area contributed by atoms with Crippen molar-refractivity contribution in [1.29, 1.82) is 0 Å². The number of benzene rings is 11. The van der Waals surface area contributed by atoms with Crippen LogP contribution in [0.1, 0.15) is 0 Å². The lowest BCUT2D eigenvalue weighted by Gasteiger charge is -2.26. The predicted octanol–water partition coefficient (Wildman–Crippen LogP) is 17.7. The van der Waals surface area contributed by atoms with Crippen LogP contribution in [0.4, 0.5) is 17.1 Å². The molecule has 11 aromatic carbocycles. The summed E-state index contributed by atoms with van der Waals surface area (Å²) in [5.41, 5.74) is 15.2. The van der Waals surface area contributed by atoms with Crippen molar-refractivity contribution in [3.8, 4) is 79.7 Å².